The lowest BCUT2D eigenvalue weighted by atomic mass is 10.2. The quantitative estimate of drug-likeness (QED) is 0.737. The molecule has 0 fully saturated rings. The third-order valence-electron chi connectivity index (χ3n) is 2.24. The molecule has 0 saturated heterocycles. The smallest absolute Gasteiger partial charge is 0.407 e. The monoisotopic (exact) mass is 263 g/mol. The van der Waals surface area contributed by atoms with Crippen LogP contribution in [0.25, 0.3) is 0 Å². The van der Waals surface area contributed by atoms with Gasteiger partial charge in [0.15, 0.2) is 5.78 Å². The van der Waals surface area contributed by atoms with Crippen LogP contribution in [0.1, 0.15) is 12.0 Å². The second kappa shape index (κ2) is 7.99. The molecule has 19 heavy (non-hydrogen) atoms. The summed E-state index contributed by atoms with van der Waals surface area (Å²) in [5.74, 6) is -0.354. The highest BCUT2D eigenvalue weighted by atomic mass is 16.5. The number of hydrogen-bond acceptors (Lipinski definition) is 5. The van der Waals surface area contributed by atoms with E-state index in [0.29, 0.717) is 0 Å². The molecule has 0 aliphatic rings. The zero-order valence-electron chi connectivity index (χ0n) is 10.3. The molecule has 1 aromatic rings. The van der Waals surface area contributed by atoms with Gasteiger partial charge in [-0.25, -0.2) is 4.79 Å². The van der Waals surface area contributed by atoms with E-state index >= 15 is 0 Å². The number of nitrogens with one attached hydrogen (secondary N) is 1. The van der Waals surface area contributed by atoms with Crippen molar-refractivity contribution < 1.29 is 19.1 Å². The number of rotatable bonds is 7. The summed E-state index contributed by atoms with van der Waals surface area (Å²) in [6.45, 7) is -0.0918. The van der Waals surface area contributed by atoms with Crippen LogP contribution in [-0.4, -0.2) is 30.7 Å². The van der Waals surface area contributed by atoms with E-state index in [1.807, 2.05) is 30.3 Å². The van der Waals surface area contributed by atoms with Gasteiger partial charge in [0, 0.05) is 6.42 Å². The highest BCUT2D eigenvalue weighted by molar-refractivity contribution is 5.86. The molecule has 1 atom stereocenters. The minimum Gasteiger partial charge on any atom is -0.445 e. The molecule has 3 N–H and O–H groups in total. The Hall–Kier alpha value is -2.21. The lowest BCUT2D eigenvalue weighted by Gasteiger charge is -2.07. The van der Waals surface area contributed by atoms with Gasteiger partial charge in [0.2, 0.25) is 6.29 Å². The molecule has 1 aromatic carbocycles. The molecular weight excluding hydrogens is 248 g/mol. The molecule has 0 saturated carbocycles. The van der Waals surface area contributed by atoms with Crippen molar-refractivity contribution >= 4 is 18.2 Å². The molecular formula is C13H15N2O4. The maximum atomic E-state index is 11.3. The van der Waals surface area contributed by atoms with Gasteiger partial charge in [0.05, 0.1) is 12.6 Å². The molecule has 0 aliphatic heterocycles. The minimum absolute atomic E-state index is 0.127. The summed E-state index contributed by atoms with van der Waals surface area (Å²) < 4.78 is 4.90. The average Bonchev–Trinajstić information content (AvgIpc) is 2.43. The van der Waals surface area contributed by atoms with E-state index in [1.54, 1.807) is 0 Å². The van der Waals surface area contributed by atoms with Crippen molar-refractivity contribution in [2.45, 2.75) is 19.1 Å². The summed E-state index contributed by atoms with van der Waals surface area (Å²) in [6.07, 6.45) is 0.649. The summed E-state index contributed by atoms with van der Waals surface area (Å²) in [6, 6.07) is 8.20. The second-order valence-electron chi connectivity index (χ2n) is 3.88. The number of benzene rings is 1. The maximum absolute atomic E-state index is 11.3. The van der Waals surface area contributed by atoms with Gasteiger partial charge in [0.25, 0.3) is 0 Å². The number of Topliss-reactive ketones (excluding diaryl/α,β-unsaturated/α-hetero) is 1. The first kappa shape index (κ1) is 14.8. The van der Waals surface area contributed by atoms with Gasteiger partial charge in [-0.15, -0.1) is 0 Å². The minimum atomic E-state index is -0.949. The predicted molar refractivity (Wildman–Crippen MR) is 67.9 cm³/mol. The van der Waals surface area contributed by atoms with Crippen LogP contribution >= 0.6 is 0 Å². The molecule has 101 valence electrons. The third-order valence-corrected chi connectivity index (χ3v) is 2.24. The molecule has 6 nitrogen and oxygen atoms in total. The zero-order chi connectivity index (χ0) is 14.1. The first-order valence-electron chi connectivity index (χ1n) is 5.71. The summed E-state index contributed by atoms with van der Waals surface area (Å²) >= 11 is 0. The fraction of sp³-hybridized carbons (Fsp3) is 0.308. The van der Waals surface area contributed by atoms with Crippen LogP contribution in [0.4, 0.5) is 4.79 Å². The van der Waals surface area contributed by atoms with Crippen LogP contribution in [0, 0.1) is 0 Å². The number of hydrogen-bond donors (Lipinski definition) is 2. The molecule has 0 aromatic heterocycles. The van der Waals surface area contributed by atoms with Gasteiger partial charge >= 0.3 is 6.09 Å². The summed E-state index contributed by atoms with van der Waals surface area (Å²) in [4.78, 5) is 32.7. The van der Waals surface area contributed by atoms with Crippen LogP contribution in [0.3, 0.4) is 0 Å². The highest BCUT2D eigenvalue weighted by Gasteiger charge is 2.11. The SMILES string of the molecule is N[C@H]([C]=O)CC(=O)CNC(=O)OCc1ccccc1. The van der Waals surface area contributed by atoms with Crippen LogP contribution in [0.2, 0.25) is 0 Å². The largest absolute Gasteiger partial charge is 0.445 e. The number of ether oxygens (including phenoxy) is 1. The summed E-state index contributed by atoms with van der Waals surface area (Å²) in [5, 5.41) is 2.29. The van der Waals surface area contributed by atoms with Gasteiger partial charge in [-0.1, -0.05) is 30.3 Å². The van der Waals surface area contributed by atoms with Crippen LogP contribution in [0.15, 0.2) is 30.3 Å². The number of nitrogens with two attached hydrogens (primary N) is 1. The normalized spacial score (nSPS) is 11.4. The van der Waals surface area contributed by atoms with E-state index in [0.717, 1.165) is 5.56 Å². The van der Waals surface area contributed by atoms with E-state index in [2.05, 4.69) is 5.32 Å². The van der Waals surface area contributed by atoms with Crippen molar-refractivity contribution in [1.82, 2.24) is 5.32 Å². The maximum Gasteiger partial charge on any atom is 0.407 e. The second-order valence-corrected chi connectivity index (χ2v) is 3.88. The van der Waals surface area contributed by atoms with Gasteiger partial charge in [-0.05, 0) is 5.56 Å². The Bertz CT molecular complexity index is 434. The average molecular weight is 263 g/mol. The van der Waals surface area contributed by atoms with Crippen LogP contribution in [-0.2, 0) is 20.9 Å². The van der Waals surface area contributed by atoms with Crippen LogP contribution < -0.4 is 11.1 Å². The molecule has 1 amide bonds. The van der Waals surface area contributed by atoms with Crippen molar-refractivity contribution in [2.24, 2.45) is 5.73 Å². The fourth-order valence-electron chi connectivity index (χ4n) is 1.30. The van der Waals surface area contributed by atoms with Crippen LogP contribution in [0.5, 0.6) is 0 Å². The Balaban J connectivity index is 2.21. The van der Waals surface area contributed by atoms with Crippen molar-refractivity contribution in [3.05, 3.63) is 35.9 Å². The van der Waals surface area contributed by atoms with Crippen molar-refractivity contribution in [3.8, 4) is 0 Å². The number of alkyl carbamates (subject to hydrolysis) is 1. The predicted octanol–water partition coefficient (Wildman–Crippen LogP) is 0.309. The Morgan fingerprint density at radius 3 is 2.63 bits per heavy atom. The number of ketones is 1. The van der Waals surface area contributed by atoms with Crippen molar-refractivity contribution in [3.63, 3.8) is 0 Å². The number of carbonyl (C=O) groups excluding carboxylic acids is 3. The van der Waals surface area contributed by atoms with Gasteiger partial charge in [0.1, 0.15) is 6.61 Å². The molecule has 0 aliphatic carbocycles. The highest BCUT2D eigenvalue weighted by Crippen LogP contribution is 2.00. The molecule has 1 rings (SSSR count). The van der Waals surface area contributed by atoms with E-state index < -0.39 is 12.1 Å². The topological polar surface area (TPSA) is 98.5 Å². The fourth-order valence-corrected chi connectivity index (χ4v) is 1.30. The van der Waals surface area contributed by atoms with Gasteiger partial charge < -0.3 is 15.8 Å². The Morgan fingerprint density at radius 2 is 2.00 bits per heavy atom. The zero-order valence-corrected chi connectivity index (χ0v) is 10.3. The third kappa shape index (κ3) is 6.32. The lowest BCUT2D eigenvalue weighted by Crippen LogP contribution is -2.34. The lowest BCUT2D eigenvalue weighted by molar-refractivity contribution is -0.118. The number of amides is 1. The van der Waals surface area contributed by atoms with E-state index in [4.69, 9.17) is 10.5 Å². The number of carbonyl (C=O) groups is 2. The summed E-state index contributed by atoms with van der Waals surface area (Å²) in [5.41, 5.74) is 6.08. The molecule has 0 spiro atoms. The molecule has 0 heterocycles. The van der Waals surface area contributed by atoms with Crippen molar-refractivity contribution in [1.29, 1.82) is 0 Å². The van der Waals surface area contributed by atoms with Gasteiger partial charge in [-0.3, -0.25) is 9.59 Å². The first-order chi connectivity index (χ1) is 9.11. The molecule has 1 radical (unpaired) electrons. The standard InChI is InChI=1S/C13H15N2O4/c14-11(8-16)6-12(17)7-15-13(18)19-9-10-4-2-1-3-5-10/h1-5,11H,6-7,9,14H2,(H,15,18)/t11-/m0/s1. The van der Waals surface area contributed by atoms with E-state index in [-0.39, 0.29) is 25.4 Å². The first-order valence-corrected chi connectivity index (χ1v) is 5.71. The summed E-state index contributed by atoms with van der Waals surface area (Å²) in [7, 11) is 0. The van der Waals surface area contributed by atoms with E-state index in [1.165, 1.54) is 6.29 Å². The Labute approximate surface area is 110 Å². The molecule has 0 bridgehead atoms. The van der Waals surface area contributed by atoms with Gasteiger partial charge in [-0.2, -0.15) is 0 Å². The molecule has 0 unspecified atom stereocenters. The Morgan fingerprint density at radius 1 is 1.32 bits per heavy atom. The molecule has 6 heteroatoms. The van der Waals surface area contributed by atoms with Crippen molar-refractivity contribution in [2.75, 3.05) is 6.54 Å². The van der Waals surface area contributed by atoms with E-state index in [9.17, 15) is 14.4 Å². The Kier molecular flexibility index (Phi) is 6.25.